The molecule has 372 valence electrons. The lowest BCUT2D eigenvalue weighted by atomic mass is 9.71. The molecule has 6 aliphatic heterocycles. The number of carbonyl (C=O) groups is 1. The van der Waals surface area contributed by atoms with Crippen LogP contribution in [-0.4, -0.2) is 153 Å². The Balaban J connectivity index is 1.16. The summed E-state index contributed by atoms with van der Waals surface area (Å²) in [6.07, 6.45) is 11.9. The first-order valence-electron chi connectivity index (χ1n) is 24.8. The minimum Gasteiger partial charge on any atom is -0.462 e. The largest absolute Gasteiger partial charge is 0.462 e. The van der Waals surface area contributed by atoms with Gasteiger partial charge in [-0.3, -0.25) is 9.69 Å². The minimum absolute atomic E-state index is 0.0415. The smallest absolute Gasteiger partial charge is 0.316 e. The number of carbonyl (C=O) groups excluding carboxylic acids is 1. The monoisotopic (exact) mass is 928 g/mol. The number of likely N-dealkylation sites (N-methyl/N-ethyl adjacent to an activating group) is 1. The van der Waals surface area contributed by atoms with E-state index in [1.165, 1.54) is 0 Å². The molecule has 0 unspecified atom stereocenters. The van der Waals surface area contributed by atoms with E-state index in [9.17, 15) is 15.0 Å². The standard InChI is InChI=1S/C52H81NO13/c1-13-22-53(10)44-34(8)60-42(25-40(44)57-11)64-48-35(9)61-43(26-41(48)58-12)63-46-30(4)16-15-17-36-28-59-49-45(54)33(7)23-39(52(36,49)56)50(55)62-38-24-37(19-18-31(46)5)65-51(27-38)21-20-32(6)47(66-51)29(3)14-2/h15-18,20-21,23,29-30,32,34-35,37-49,54,56H,13-14,19,22,24-28H2,1-12H3/b16-15+,31-18+,36-17+/t29-,30-,32-,34+,35-,37+,38-,39-,40+,41-,42+,43-,44-,45+,46-,47+,48-,49+,51+,52+/m0/s1. The number of nitrogens with zero attached hydrogens (tertiary/aromatic N) is 1. The van der Waals surface area contributed by atoms with E-state index in [4.69, 9.17) is 47.4 Å². The number of ether oxygens (including phenoxy) is 10. The van der Waals surface area contributed by atoms with Crippen LogP contribution >= 0.6 is 0 Å². The highest BCUT2D eigenvalue weighted by atomic mass is 16.7. The molecule has 0 aromatic heterocycles. The summed E-state index contributed by atoms with van der Waals surface area (Å²) in [6.45, 7) is 19.7. The molecule has 2 N–H and O–H groups in total. The molecule has 0 aromatic carbocycles. The van der Waals surface area contributed by atoms with E-state index in [-0.39, 0.29) is 67.0 Å². The number of esters is 1. The summed E-state index contributed by atoms with van der Waals surface area (Å²) >= 11 is 0. The summed E-state index contributed by atoms with van der Waals surface area (Å²) in [5, 5.41) is 23.8. The summed E-state index contributed by atoms with van der Waals surface area (Å²) in [5.74, 6) is -2.51. The molecule has 1 aliphatic carbocycles. The molecule has 1 spiro atoms. The number of hydrogen-bond acceptors (Lipinski definition) is 14. The lowest BCUT2D eigenvalue weighted by Crippen LogP contribution is -2.58. The van der Waals surface area contributed by atoms with Gasteiger partial charge in [-0.15, -0.1) is 0 Å². The second-order valence-electron chi connectivity index (χ2n) is 20.4. The fourth-order valence-electron chi connectivity index (χ4n) is 11.7. The minimum atomic E-state index is -1.83. The first-order valence-corrected chi connectivity index (χ1v) is 24.8. The molecule has 4 saturated heterocycles. The van der Waals surface area contributed by atoms with Crippen molar-refractivity contribution in [3.63, 3.8) is 0 Å². The van der Waals surface area contributed by atoms with E-state index < -0.39 is 66.4 Å². The predicted molar refractivity (Wildman–Crippen MR) is 248 cm³/mol. The van der Waals surface area contributed by atoms with E-state index in [2.05, 4.69) is 72.6 Å². The van der Waals surface area contributed by atoms with Crippen LogP contribution in [0.5, 0.6) is 0 Å². The number of allylic oxidation sites excluding steroid dienone is 2. The summed E-state index contributed by atoms with van der Waals surface area (Å²) in [6, 6.07) is 0.114. The molecule has 0 aromatic rings. The lowest BCUT2D eigenvalue weighted by molar-refractivity contribution is -0.315. The third kappa shape index (κ3) is 10.7. The zero-order valence-corrected chi connectivity index (χ0v) is 41.6. The molecule has 6 heterocycles. The molecule has 0 saturated carbocycles. The normalized spacial score (nSPS) is 47.0. The summed E-state index contributed by atoms with van der Waals surface area (Å²) in [7, 11) is 5.57. The summed E-state index contributed by atoms with van der Waals surface area (Å²) in [5.41, 5.74) is 0.185. The third-order valence-corrected chi connectivity index (χ3v) is 15.6. The maximum absolute atomic E-state index is 14.4. The van der Waals surface area contributed by atoms with E-state index in [0.717, 1.165) is 25.0 Å². The number of hydrogen-bond donors (Lipinski definition) is 2. The third-order valence-electron chi connectivity index (χ3n) is 15.6. The van der Waals surface area contributed by atoms with Gasteiger partial charge in [-0.25, -0.2) is 0 Å². The highest BCUT2D eigenvalue weighted by Crippen LogP contribution is 2.47. The Morgan fingerprint density at radius 1 is 0.909 bits per heavy atom. The van der Waals surface area contributed by atoms with Crippen LogP contribution in [0.25, 0.3) is 0 Å². The van der Waals surface area contributed by atoms with Gasteiger partial charge in [-0.05, 0) is 82.8 Å². The Labute approximate surface area is 394 Å². The van der Waals surface area contributed by atoms with E-state index >= 15 is 0 Å². The van der Waals surface area contributed by atoms with Gasteiger partial charge in [0.05, 0.1) is 55.4 Å². The van der Waals surface area contributed by atoms with Crippen molar-refractivity contribution < 1.29 is 62.4 Å². The molecule has 7 rings (SSSR count). The highest BCUT2D eigenvalue weighted by molar-refractivity contribution is 5.78. The molecule has 2 bridgehead atoms. The van der Waals surface area contributed by atoms with Gasteiger partial charge in [0.1, 0.15) is 35.9 Å². The quantitative estimate of drug-likeness (QED) is 0.166. The van der Waals surface area contributed by atoms with Crippen molar-refractivity contribution in [2.24, 2.45) is 23.7 Å². The van der Waals surface area contributed by atoms with Crippen LogP contribution in [0.4, 0.5) is 0 Å². The fraction of sp³-hybridized carbons (Fsp3) is 0.788. The van der Waals surface area contributed by atoms with Crippen molar-refractivity contribution in [1.29, 1.82) is 0 Å². The topological polar surface area (TPSA) is 153 Å². The van der Waals surface area contributed by atoms with Crippen LogP contribution in [-0.2, 0) is 52.2 Å². The molecule has 0 amide bonds. The summed E-state index contributed by atoms with van der Waals surface area (Å²) in [4.78, 5) is 16.7. The van der Waals surface area contributed by atoms with Crippen molar-refractivity contribution in [3.05, 3.63) is 59.3 Å². The van der Waals surface area contributed by atoms with Crippen LogP contribution in [0.3, 0.4) is 0 Å². The average molecular weight is 928 g/mol. The van der Waals surface area contributed by atoms with Crippen LogP contribution in [0.15, 0.2) is 59.3 Å². The average Bonchev–Trinajstić information content (AvgIpc) is 3.62. The number of rotatable bonds is 11. The van der Waals surface area contributed by atoms with Gasteiger partial charge < -0.3 is 57.6 Å². The van der Waals surface area contributed by atoms with Crippen LogP contribution in [0, 0.1) is 23.7 Å². The fourth-order valence-corrected chi connectivity index (χ4v) is 11.7. The molecule has 20 atom stereocenters. The van der Waals surface area contributed by atoms with Gasteiger partial charge in [0, 0.05) is 51.7 Å². The van der Waals surface area contributed by atoms with Crippen LogP contribution < -0.4 is 0 Å². The van der Waals surface area contributed by atoms with Crippen molar-refractivity contribution in [2.45, 2.75) is 204 Å². The number of aliphatic hydroxyl groups excluding tert-OH is 1. The first kappa shape index (κ1) is 51.5. The van der Waals surface area contributed by atoms with Gasteiger partial charge in [0.15, 0.2) is 18.4 Å². The number of aliphatic hydroxyl groups is 2. The lowest BCUT2D eigenvalue weighted by Gasteiger charge is -2.48. The Morgan fingerprint density at radius 3 is 2.33 bits per heavy atom. The molecule has 4 fully saturated rings. The maximum atomic E-state index is 14.4. The highest BCUT2D eigenvalue weighted by Gasteiger charge is 2.60. The molecule has 7 aliphatic rings. The molecular formula is C52H81NO13. The van der Waals surface area contributed by atoms with Crippen molar-refractivity contribution in [2.75, 3.05) is 34.4 Å². The van der Waals surface area contributed by atoms with Crippen molar-refractivity contribution >= 4 is 5.97 Å². The van der Waals surface area contributed by atoms with Gasteiger partial charge >= 0.3 is 5.97 Å². The molecule has 66 heavy (non-hydrogen) atoms. The Hall–Kier alpha value is -2.31. The van der Waals surface area contributed by atoms with Crippen molar-refractivity contribution in [1.82, 2.24) is 4.90 Å². The summed E-state index contributed by atoms with van der Waals surface area (Å²) < 4.78 is 65.3. The first-order chi connectivity index (χ1) is 31.4. The second kappa shape index (κ2) is 21.8. The molecule has 0 radical (unpaired) electrons. The van der Waals surface area contributed by atoms with Gasteiger partial charge in [-0.2, -0.15) is 0 Å². The van der Waals surface area contributed by atoms with E-state index in [1.54, 1.807) is 33.3 Å². The molecular weight excluding hydrogens is 847 g/mol. The maximum Gasteiger partial charge on any atom is 0.316 e. The van der Waals surface area contributed by atoms with Gasteiger partial charge in [0.25, 0.3) is 0 Å². The molecule has 14 nitrogen and oxygen atoms in total. The number of fused-ring (bicyclic) bond motifs is 2. The number of methoxy groups -OCH3 is 2. The Bertz CT molecular complexity index is 1820. The van der Waals surface area contributed by atoms with Crippen LogP contribution in [0.1, 0.15) is 107 Å². The predicted octanol–water partition coefficient (Wildman–Crippen LogP) is 6.73. The second-order valence-corrected chi connectivity index (χ2v) is 20.4. The SMILES string of the molecule is CCCN(C)[C@H]1[C@@H](C)O[C@H](O[C@H]2[C@H](C)O[C@@H](O[C@@H]3/C(C)=C/C[C@@H]4C[C@@H](C[C@]5(C=C[C@H](C)[C@@H]([C@@H](C)CC)O5)O4)OC(=O)[C@@H]4C=C(C)[C@@H](O)[C@H]5OC/C(=C\C=C\[C@@H]3C)[C@]54O)C[C@@H]2OC)C[C@H]1OC. The van der Waals surface area contributed by atoms with Crippen LogP contribution in [0.2, 0.25) is 0 Å². The van der Waals surface area contributed by atoms with E-state index in [0.29, 0.717) is 43.3 Å². The van der Waals surface area contributed by atoms with Gasteiger partial charge in [0.2, 0.25) is 0 Å². The van der Waals surface area contributed by atoms with E-state index in [1.807, 2.05) is 25.2 Å². The zero-order chi connectivity index (χ0) is 47.7. The molecule has 14 heteroatoms. The van der Waals surface area contributed by atoms with Gasteiger partial charge in [-0.1, -0.05) is 77.5 Å². The zero-order valence-electron chi connectivity index (χ0n) is 41.6. The Morgan fingerprint density at radius 2 is 1.62 bits per heavy atom. The van der Waals surface area contributed by atoms with Crippen molar-refractivity contribution in [3.8, 4) is 0 Å². The Kier molecular flexibility index (Phi) is 17.0.